The Balaban J connectivity index is 1.54. The molecule has 4 rings (SSSR count). The third kappa shape index (κ3) is 3.81. The fourth-order valence-electron chi connectivity index (χ4n) is 3.87. The summed E-state index contributed by atoms with van der Waals surface area (Å²) in [6, 6.07) is 12.9. The topological polar surface area (TPSA) is 52.0 Å². The number of carbonyl (C=O) groups is 1. The first-order valence-electron chi connectivity index (χ1n) is 9.40. The first-order valence-corrected chi connectivity index (χ1v) is 9.77. The maximum absolute atomic E-state index is 12.6. The van der Waals surface area contributed by atoms with Crippen LogP contribution in [0.5, 0.6) is 0 Å². The van der Waals surface area contributed by atoms with E-state index in [1.165, 1.54) is 48.6 Å². The minimum atomic E-state index is -0.255. The second-order valence-electron chi connectivity index (χ2n) is 7.22. The van der Waals surface area contributed by atoms with Gasteiger partial charge in [-0.05, 0) is 42.5 Å². The average molecular weight is 381 g/mol. The molecule has 5 heteroatoms. The van der Waals surface area contributed by atoms with Crippen molar-refractivity contribution in [2.24, 2.45) is 0 Å². The van der Waals surface area contributed by atoms with E-state index in [2.05, 4.69) is 17.1 Å². The number of hydrogen-bond donors (Lipinski definition) is 0. The number of aromatic nitrogens is 2. The summed E-state index contributed by atoms with van der Waals surface area (Å²) < 4.78 is 1.34. The lowest BCUT2D eigenvalue weighted by Gasteiger charge is -2.22. The van der Waals surface area contributed by atoms with Crippen molar-refractivity contribution < 1.29 is 4.79 Å². The molecule has 27 heavy (non-hydrogen) atoms. The molecular weight excluding hydrogens is 360 g/mol. The van der Waals surface area contributed by atoms with Crippen LogP contribution in [-0.4, -0.2) is 15.3 Å². The van der Waals surface area contributed by atoms with Crippen molar-refractivity contribution in [2.75, 3.05) is 0 Å². The zero-order valence-corrected chi connectivity index (χ0v) is 15.8. The van der Waals surface area contributed by atoms with Gasteiger partial charge in [-0.2, -0.15) is 0 Å². The maximum atomic E-state index is 12.6. The highest BCUT2D eigenvalue weighted by Gasteiger charge is 2.16. The van der Waals surface area contributed by atoms with E-state index >= 15 is 0 Å². The van der Waals surface area contributed by atoms with E-state index < -0.39 is 0 Å². The Labute approximate surface area is 162 Å². The van der Waals surface area contributed by atoms with Gasteiger partial charge in [0, 0.05) is 10.6 Å². The Morgan fingerprint density at radius 1 is 1.07 bits per heavy atom. The maximum Gasteiger partial charge on any atom is 0.261 e. The molecule has 3 aromatic rings. The summed E-state index contributed by atoms with van der Waals surface area (Å²) in [5.41, 5.74) is 2.25. The molecule has 0 spiro atoms. The van der Waals surface area contributed by atoms with Crippen LogP contribution < -0.4 is 5.56 Å². The number of hydrogen-bond acceptors (Lipinski definition) is 3. The number of nitrogens with zero attached hydrogens (tertiary/aromatic N) is 2. The van der Waals surface area contributed by atoms with Crippen LogP contribution in [0.15, 0.2) is 53.6 Å². The van der Waals surface area contributed by atoms with Crippen LogP contribution in [0.3, 0.4) is 0 Å². The SMILES string of the molecule is O=C(Cn1cnc2ccc(Cl)cc2c1=O)c1ccc(C2CCCCC2)cc1. The van der Waals surface area contributed by atoms with Gasteiger partial charge in [0.05, 0.1) is 23.8 Å². The van der Waals surface area contributed by atoms with Crippen molar-refractivity contribution in [3.63, 3.8) is 0 Å². The van der Waals surface area contributed by atoms with Crippen LogP contribution in [0.25, 0.3) is 10.9 Å². The number of rotatable bonds is 4. The summed E-state index contributed by atoms with van der Waals surface area (Å²) in [5.74, 6) is 0.510. The summed E-state index contributed by atoms with van der Waals surface area (Å²) in [6.07, 6.45) is 7.78. The molecule has 0 N–H and O–H groups in total. The van der Waals surface area contributed by atoms with Gasteiger partial charge in [-0.3, -0.25) is 14.2 Å². The third-order valence-corrected chi connectivity index (χ3v) is 5.64. The number of halogens is 1. The number of fused-ring (bicyclic) bond motifs is 1. The zero-order chi connectivity index (χ0) is 18.8. The number of benzene rings is 2. The molecule has 138 valence electrons. The fourth-order valence-corrected chi connectivity index (χ4v) is 4.04. The second kappa shape index (κ2) is 7.65. The summed E-state index contributed by atoms with van der Waals surface area (Å²) in [4.78, 5) is 29.5. The molecule has 1 aliphatic rings. The highest BCUT2D eigenvalue weighted by Crippen LogP contribution is 2.32. The minimum Gasteiger partial charge on any atom is -0.292 e. The van der Waals surface area contributed by atoms with Crippen molar-refractivity contribution in [3.8, 4) is 0 Å². The number of carbonyl (C=O) groups excluding carboxylic acids is 1. The van der Waals surface area contributed by atoms with Gasteiger partial charge < -0.3 is 0 Å². The van der Waals surface area contributed by atoms with Crippen LogP contribution >= 0.6 is 11.6 Å². The van der Waals surface area contributed by atoms with Gasteiger partial charge in [-0.15, -0.1) is 0 Å². The molecular formula is C22H21ClN2O2. The molecule has 2 aromatic carbocycles. The van der Waals surface area contributed by atoms with Crippen LogP contribution in [0.1, 0.15) is 53.9 Å². The zero-order valence-electron chi connectivity index (χ0n) is 15.0. The summed E-state index contributed by atoms with van der Waals surface area (Å²) >= 11 is 5.98. The van der Waals surface area contributed by atoms with E-state index in [-0.39, 0.29) is 17.9 Å². The van der Waals surface area contributed by atoms with Gasteiger partial charge in [-0.25, -0.2) is 4.98 Å². The van der Waals surface area contributed by atoms with E-state index in [9.17, 15) is 9.59 Å². The standard InChI is InChI=1S/C22H21ClN2O2/c23-18-10-11-20-19(12-18)22(27)25(14-24-20)13-21(26)17-8-6-16(7-9-17)15-4-2-1-3-5-15/h6-12,14-15H,1-5,13H2. The van der Waals surface area contributed by atoms with Crippen molar-refractivity contribution >= 4 is 28.3 Å². The lowest BCUT2D eigenvalue weighted by molar-refractivity contribution is 0.0970. The fraction of sp³-hybridized carbons (Fsp3) is 0.318. The van der Waals surface area contributed by atoms with Crippen molar-refractivity contribution in [3.05, 3.63) is 75.3 Å². The molecule has 0 amide bonds. The normalized spacial score (nSPS) is 15.1. The molecule has 0 aliphatic heterocycles. The van der Waals surface area contributed by atoms with E-state index in [1.807, 2.05) is 12.1 Å². The van der Waals surface area contributed by atoms with Crippen LogP contribution in [-0.2, 0) is 6.54 Å². The molecule has 0 unspecified atom stereocenters. The smallest absolute Gasteiger partial charge is 0.261 e. The largest absolute Gasteiger partial charge is 0.292 e. The van der Waals surface area contributed by atoms with E-state index in [1.54, 1.807) is 18.2 Å². The molecule has 4 nitrogen and oxygen atoms in total. The van der Waals surface area contributed by atoms with E-state index in [0.29, 0.717) is 27.4 Å². The highest BCUT2D eigenvalue weighted by molar-refractivity contribution is 6.31. The summed E-state index contributed by atoms with van der Waals surface area (Å²) in [5, 5.41) is 0.897. The first kappa shape index (κ1) is 17.9. The molecule has 0 saturated heterocycles. The summed E-state index contributed by atoms with van der Waals surface area (Å²) in [6.45, 7) is -0.0307. The Hall–Kier alpha value is -2.46. The summed E-state index contributed by atoms with van der Waals surface area (Å²) in [7, 11) is 0. The monoisotopic (exact) mass is 380 g/mol. The van der Waals surface area contributed by atoms with Gasteiger partial charge in [0.1, 0.15) is 0 Å². The van der Waals surface area contributed by atoms with Crippen LogP contribution in [0.4, 0.5) is 0 Å². The number of ketones is 1. The molecule has 1 aliphatic carbocycles. The van der Waals surface area contributed by atoms with Gasteiger partial charge in [0.15, 0.2) is 5.78 Å². The average Bonchev–Trinajstić information content (AvgIpc) is 2.71. The molecule has 0 bridgehead atoms. The molecule has 1 heterocycles. The van der Waals surface area contributed by atoms with Gasteiger partial charge in [-0.1, -0.05) is 55.1 Å². The van der Waals surface area contributed by atoms with Crippen LogP contribution in [0.2, 0.25) is 5.02 Å². The Bertz CT molecular complexity index is 1030. The van der Waals surface area contributed by atoms with Gasteiger partial charge in [0.2, 0.25) is 0 Å². The molecule has 1 saturated carbocycles. The Morgan fingerprint density at radius 3 is 2.56 bits per heavy atom. The van der Waals surface area contributed by atoms with E-state index in [4.69, 9.17) is 11.6 Å². The molecule has 0 atom stereocenters. The predicted molar refractivity (Wildman–Crippen MR) is 108 cm³/mol. The van der Waals surface area contributed by atoms with Crippen molar-refractivity contribution in [2.45, 2.75) is 44.6 Å². The second-order valence-corrected chi connectivity index (χ2v) is 7.66. The van der Waals surface area contributed by atoms with Crippen molar-refractivity contribution in [1.82, 2.24) is 9.55 Å². The Morgan fingerprint density at radius 2 is 1.81 bits per heavy atom. The van der Waals surface area contributed by atoms with Gasteiger partial charge in [0.25, 0.3) is 5.56 Å². The van der Waals surface area contributed by atoms with Crippen molar-refractivity contribution in [1.29, 1.82) is 0 Å². The molecule has 0 radical (unpaired) electrons. The highest BCUT2D eigenvalue weighted by atomic mass is 35.5. The lowest BCUT2D eigenvalue weighted by atomic mass is 9.84. The van der Waals surface area contributed by atoms with Gasteiger partial charge >= 0.3 is 0 Å². The lowest BCUT2D eigenvalue weighted by Crippen LogP contribution is -2.24. The molecule has 1 aromatic heterocycles. The number of Topliss-reactive ketones (excluding diaryl/α,β-unsaturated/α-hetero) is 1. The predicted octanol–water partition coefficient (Wildman–Crippen LogP) is 4.98. The minimum absolute atomic E-state index is 0.0307. The van der Waals surface area contributed by atoms with E-state index in [0.717, 1.165) is 0 Å². The quantitative estimate of drug-likeness (QED) is 0.600. The Kier molecular flexibility index (Phi) is 5.08. The molecule has 1 fully saturated rings. The first-order chi connectivity index (χ1) is 13.1. The third-order valence-electron chi connectivity index (χ3n) is 5.41. The van der Waals surface area contributed by atoms with Crippen LogP contribution in [0, 0.1) is 0 Å².